The largest absolute Gasteiger partial charge is 0.378 e. The van der Waals surface area contributed by atoms with Gasteiger partial charge in [-0.25, -0.2) is 8.42 Å². The van der Waals surface area contributed by atoms with Crippen LogP contribution in [0.5, 0.6) is 0 Å². The minimum atomic E-state index is -3.26. The number of hydrogen-bond donors (Lipinski definition) is 1. The van der Waals surface area contributed by atoms with Crippen LogP contribution in [0.15, 0.2) is 4.99 Å². The van der Waals surface area contributed by atoms with Crippen LogP contribution in [-0.4, -0.2) is 92.3 Å². The Labute approximate surface area is 187 Å². The van der Waals surface area contributed by atoms with E-state index in [0.717, 1.165) is 19.0 Å². The molecule has 0 spiro atoms. The topological polar surface area (TPSA) is 74.2 Å². The minimum Gasteiger partial charge on any atom is -0.378 e. The minimum absolute atomic E-state index is 0. The number of nitrogens with one attached hydrogen (secondary N) is 1. The first-order chi connectivity index (χ1) is 12.1. The lowest BCUT2D eigenvalue weighted by molar-refractivity contribution is 0.0904. The summed E-state index contributed by atoms with van der Waals surface area (Å²) in [5, 5.41) is 3.33. The molecule has 1 aliphatic rings. The average Bonchev–Trinajstić information content (AvgIpc) is 2.58. The van der Waals surface area contributed by atoms with Gasteiger partial charge in [0.1, 0.15) is 0 Å². The number of sulfonamides is 1. The molecule has 0 amide bonds. The molecule has 0 unspecified atom stereocenters. The molecule has 0 aromatic rings. The van der Waals surface area contributed by atoms with Crippen LogP contribution in [0.4, 0.5) is 0 Å². The quantitative estimate of drug-likeness (QED) is 0.277. The van der Waals surface area contributed by atoms with Gasteiger partial charge in [0.15, 0.2) is 5.96 Å². The maximum absolute atomic E-state index is 12.4. The van der Waals surface area contributed by atoms with Crippen LogP contribution in [-0.2, 0) is 14.8 Å². The normalized spacial score (nSPS) is 17.1. The van der Waals surface area contributed by atoms with E-state index in [1.54, 1.807) is 16.1 Å². The SMILES string of the molecule is CCNC(=NCC(C)(C)SC)N1CCN(S(=O)(=O)CCOC(C)C)CC1.I. The fourth-order valence-corrected chi connectivity index (χ4v) is 3.93. The number of thioether (sulfide) groups is 1. The van der Waals surface area contributed by atoms with E-state index in [-0.39, 0.29) is 47.2 Å². The summed E-state index contributed by atoms with van der Waals surface area (Å²) in [6, 6.07) is 0. The summed E-state index contributed by atoms with van der Waals surface area (Å²) in [7, 11) is -3.26. The molecule has 0 atom stereocenters. The Morgan fingerprint density at radius 1 is 1.26 bits per heavy atom. The zero-order chi connectivity index (χ0) is 19.8. The maximum Gasteiger partial charge on any atom is 0.216 e. The summed E-state index contributed by atoms with van der Waals surface area (Å²) < 4.78 is 31.9. The first-order valence-electron chi connectivity index (χ1n) is 9.29. The van der Waals surface area contributed by atoms with Gasteiger partial charge in [-0.1, -0.05) is 0 Å². The van der Waals surface area contributed by atoms with E-state index in [0.29, 0.717) is 26.2 Å². The number of rotatable bonds is 9. The van der Waals surface area contributed by atoms with Gasteiger partial charge in [0.25, 0.3) is 0 Å². The van der Waals surface area contributed by atoms with Crippen molar-refractivity contribution in [2.24, 2.45) is 4.99 Å². The van der Waals surface area contributed by atoms with E-state index in [2.05, 4.69) is 30.3 Å². The van der Waals surface area contributed by atoms with Gasteiger partial charge >= 0.3 is 0 Å². The molecule has 0 aromatic heterocycles. The maximum atomic E-state index is 12.4. The highest BCUT2D eigenvalue weighted by molar-refractivity contribution is 14.0. The number of ether oxygens (including phenoxy) is 1. The summed E-state index contributed by atoms with van der Waals surface area (Å²) >= 11 is 1.79. The van der Waals surface area contributed by atoms with Crippen molar-refractivity contribution in [3.8, 4) is 0 Å². The van der Waals surface area contributed by atoms with Gasteiger partial charge in [-0.3, -0.25) is 4.99 Å². The zero-order valence-corrected chi connectivity index (χ0v) is 21.5. The summed E-state index contributed by atoms with van der Waals surface area (Å²) in [4.78, 5) is 6.91. The number of guanidine groups is 1. The highest BCUT2D eigenvalue weighted by Gasteiger charge is 2.28. The standard InChI is InChI=1S/C17H36N4O3S2.HI/c1-7-18-16(19-14-17(4,5)25-6)20-8-10-21(11-9-20)26(22,23)13-12-24-15(2)3;/h15H,7-14H2,1-6H3,(H,18,19);1H. The van der Waals surface area contributed by atoms with Gasteiger partial charge in [-0.05, 0) is 40.9 Å². The van der Waals surface area contributed by atoms with Gasteiger partial charge in [-0.2, -0.15) is 16.1 Å². The van der Waals surface area contributed by atoms with Crippen molar-refractivity contribution >= 4 is 51.7 Å². The summed E-state index contributed by atoms with van der Waals surface area (Å²) in [6.45, 7) is 14.2. The Hall–Kier alpha value is 0.220. The number of aliphatic imine (C=N–C) groups is 1. The summed E-state index contributed by atoms with van der Waals surface area (Å²) in [5.41, 5.74) is 0. The molecule has 27 heavy (non-hydrogen) atoms. The molecule has 1 saturated heterocycles. The molecule has 7 nitrogen and oxygen atoms in total. The molecular weight excluding hydrogens is 499 g/mol. The Morgan fingerprint density at radius 2 is 1.85 bits per heavy atom. The van der Waals surface area contributed by atoms with Crippen molar-refractivity contribution in [3.63, 3.8) is 0 Å². The second kappa shape index (κ2) is 12.7. The molecule has 0 bridgehead atoms. The van der Waals surface area contributed by atoms with Crippen molar-refractivity contribution in [1.82, 2.24) is 14.5 Å². The highest BCUT2D eigenvalue weighted by atomic mass is 127. The van der Waals surface area contributed by atoms with E-state index in [9.17, 15) is 8.42 Å². The fraction of sp³-hybridized carbons (Fsp3) is 0.941. The van der Waals surface area contributed by atoms with Crippen molar-refractivity contribution in [2.45, 2.75) is 45.5 Å². The predicted molar refractivity (Wildman–Crippen MR) is 127 cm³/mol. The Morgan fingerprint density at radius 3 is 2.33 bits per heavy atom. The Balaban J connectivity index is 0.00000676. The second-order valence-electron chi connectivity index (χ2n) is 7.26. The highest BCUT2D eigenvalue weighted by Crippen LogP contribution is 2.21. The van der Waals surface area contributed by atoms with E-state index >= 15 is 0 Å². The fourth-order valence-electron chi connectivity index (χ4n) is 2.45. The molecule has 0 radical (unpaired) electrons. The lowest BCUT2D eigenvalue weighted by Crippen LogP contribution is -2.54. The van der Waals surface area contributed by atoms with Crippen LogP contribution in [0.25, 0.3) is 0 Å². The van der Waals surface area contributed by atoms with Gasteiger partial charge in [0.05, 0.1) is 25.0 Å². The van der Waals surface area contributed by atoms with Crippen LogP contribution in [0, 0.1) is 0 Å². The molecule has 0 aliphatic carbocycles. The number of nitrogens with zero attached hydrogens (tertiary/aromatic N) is 3. The number of piperazine rings is 1. The summed E-state index contributed by atoms with van der Waals surface area (Å²) in [6.07, 6.45) is 2.14. The van der Waals surface area contributed by atoms with Crippen LogP contribution in [0.1, 0.15) is 34.6 Å². The van der Waals surface area contributed by atoms with E-state index in [1.165, 1.54) is 0 Å². The van der Waals surface area contributed by atoms with Crippen molar-refractivity contribution in [1.29, 1.82) is 0 Å². The molecule has 1 heterocycles. The van der Waals surface area contributed by atoms with Gasteiger partial charge < -0.3 is 15.0 Å². The van der Waals surface area contributed by atoms with Gasteiger partial charge in [0.2, 0.25) is 10.0 Å². The van der Waals surface area contributed by atoms with E-state index < -0.39 is 10.0 Å². The lowest BCUT2D eigenvalue weighted by Gasteiger charge is -2.36. The van der Waals surface area contributed by atoms with E-state index in [4.69, 9.17) is 9.73 Å². The molecule has 1 N–H and O–H groups in total. The molecular formula is C17H37IN4O3S2. The van der Waals surface area contributed by atoms with Crippen molar-refractivity contribution < 1.29 is 13.2 Å². The first-order valence-corrected chi connectivity index (χ1v) is 12.1. The molecule has 1 fully saturated rings. The predicted octanol–water partition coefficient (Wildman–Crippen LogP) is 2.08. The Bertz CT molecular complexity index is 548. The molecule has 0 saturated carbocycles. The third kappa shape index (κ3) is 10.00. The molecule has 162 valence electrons. The molecule has 0 aromatic carbocycles. The van der Waals surface area contributed by atoms with Gasteiger partial charge in [-0.15, -0.1) is 24.0 Å². The Kier molecular flexibility index (Phi) is 12.8. The van der Waals surface area contributed by atoms with Crippen LogP contribution < -0.4 is 5.32 Å². The van der Waals surface area contributed by atoms with Crippen molar-refractivity contribution in [2.75, 3.05) is 57.9 Å². The van der Waals surface area contributed by atoms with Crippen LogP contribution >= 0.6 is 35.7 Å². The summed E-state index contributed by atoms with van der Waals surface area (Å²) in [5.74, 6) is 0.913. The second-order valence-corrected chi connectivity index (χ2v) is 10.9. The molecule has 10 heteroatoms. The van der Waals surface area contributed by atoms with Crippen molar-refractivity contribution in [3.05, 3.63) is 0 Å². The zero-order valence-electron chi connectivity index (χ0n) is 17.5. The van der Waals surface area contributed by atoms with Crippen LogP contribution in [0.2, 0.25) is 0 Å². The van der Waals surface area contributed by atoms with Gasteiger partial charge in [0, 0.05) is 37.5 Å². The lowest BCUT2D eigenvalue weighted by atomic mass is 10.2. The smallest absolute Gasteiger partial charge is 0.216 e. The molecule has 1 aliphatic heterocycles. The average molecular weight is 537 g/mol. The van der Waals surface area contributed by atoms with E-state index in [1.807, 2.05) is 20.8 Å². The third-order valence-electron chi connectivity index (χ3n) is 4.22. The first kappa shape index (κ1) is 27.2. The molecule has 1 rings (SSSR count). The number of halogens is 1. The number of hydrogen-bond acceptors (Lipinski definition) is 5. The van der Waals surface area contributed by atoms with Crippen LogP contribution in [0.3, 0.4) is 0 Å². The third-order valence-corrected chi connectivity index (χ3v) is 7.29. The monoisotopic (exact) mass is 536 g/mol.